The van der Waals surface area contributed by atoms with Crippen molar-refractivity contribution in [2.75, 3.05) is 6.61 Å². The highest BCUT2D eigenvalue weighted by atomic mass is 127. The molecular weight excluding hydrogens is 381 g/mol. The lowest BCUT2D eigenvalue weighted by atomic mass is 10.00. The third-order valence-electron chi connectivity index (χ3n) is 3.21. The van der Waals surface area contributed by atoms with Gasteiger partial charge in [0.15, 0.2) is 0 Å². The highest BCUT2D eigenvalue weighted by Crippen LogP contribution is 2.29. The van der Waals surface area contributed by atoms with Crippen LogP contribution in [-0.2, 0) is 20.7 Å². The average molecular weight is 403 g/mol. The second kappa shape index (κ2) is 7.05. The van der Waals surface area contributed by atoms with Gasteiger partial charge < -0.3 is 9.47 Å². The Morgan fingerprint density at radius 2 is 2.24 bits per heavy atom. The van der Waals surface area contributed by atoms with E-state index in [2.05, 4.69) is 27.6 Å². The SMILES string of the molecule is CC(C)(C)OC(=O)Cc1cc(I)cnc1C1CCCCO1. The van der Waals surface area contributed by atoms with Gasteiger partial charge in [-0.15, -0.1) is 0 Å². The topological polar surface area (TPSA) is 48.4 Å². The average Bonchev–Trinajstić information content (AvgIpc) is 2.37. The van der Waals surface area contributed by atoms with Crippen molar-refractivity contribution in [3.05, 3.63) is 27.1 Å². The Balaban J connectivity index is 2.17. The van der Waals surface area contributed by atoms with Crippen molar-refractivity contribution in [1.82, 2.24) is 4.98 Å². The maximum absolute atomic E-state index is 12.1. The fourth-order valence-electron chi connectivity index (χ4n) is 2.41. The third kappa shape index (κ3) is 5.21. The standard InChI is InChI=1S/C16H22INO3/c1-16(2,3)21-14(19)9-11-8-12(17)10-18-15(11)13-6-4-5-7-20-13/h8,10,13H,4-7,9H2,1-3H3. The predicted octanol–water partition coefficient (Wildman–Crippen LogP) is 3.81. The molecule has 0 aliphatic carbocycles. The second-order valence-electron chi connectivity index (χ2n) is 6.32. The predicted molar refractivity (Wildman–Crippen MR) is 89.0 cm³/mol. The summed E-state index contributed by atoms with van der Waals surface area (Å²) in [5, 5.41) is 0. The maximum Gasteiger partial charge on any atom is 0.310 e. The first-order valence-corrected chi connectivity index (χ1v) is 8.41. The van der Waals surface area contributed by atoms with E-state index in [1.165, 1.54) is 0 Å². The molecule has 1 aliphatic heterocycles. The van der Waals surface area contributed by atoms with Crippen LogP contribution in [0.1, 0.15) is 57.4 Å². The van der Waals surface area contributed by atoms with Crippen LogP contribution >= 0.6 is 22.6 Å². The zero-order chi connectivity index (χ0) is 15.5. The van der Waals surface area contributed by atoms with Crippen LogP contribution in [0.25, 0.3) is 0 Å². The summed E-state index contributed by atoms with van der Waals surface area (Å²) in [6, 6.07) is 2.00. The second-order valence-corrected chi connectivity index (χ2v) is 7.56. The van der Waals surface area contributed by atoms with Gasteiger partial charge in [-0.1, -0.05) is 0 Å². The Morgan fingerprint density at radius 3 is 2.86 bits per heavy atom. The smallest absolute Gasteiger partial charge is 0.310 e. The molecule has 1 aliphatic rings. The number of carbonyl (C=O) groups excluding carboxylic acids is 1. The van der Waals surface area contributed by atoms with E-state index in [0.29, 0.717) is 0 Å². The van der Waals surface area contributed by atoms with Gasteiger partial charge in [-0.2, -0.15) is 0 Å². The molecule has 0 radical (unpaired) electrons. The largest absolute Gasteiger partial charge is 0.460 e. The lowest BCUT2D eigenvalue weighted by molar-refractivity contribution is -0.153. The van der Waals surface area contributed by atoms with E-state index in [-0.39, 0.29) is 18.5 Å². The number of carbonyl (C=O) groups is 1. The summed E-state index contributed by atoms with van der Waals surface area (Å²) in [6.07, 6.45) is 5.29. The number of nitrogens with zero attached hydrogens (tertiary/aromatic N) is 1. The number of aromatic nitrogens is 1. The van der Waals surface area contributed by atoms with Gasteiger partial charge in [0.2, 0.25) is 0 Å². The summed E-state index contributed by atoms with van der Waals surface area (Å²) in [6.45, 7) is 6.40. The van der Waals surface area contributed by atoms with Crippen LogP contribution in [0.4, 0.5) is 0 Å². The molecule has 1 aromatic rings. The Hall–Kier alpha value is -0.690. The van der Waals surface area contributed by atoms with Crippen LogP contribution in [-0.4, -0.2) is 23.2 Å². The fraction of sp³-hybridized carbons (Fsp3) is 0.625. The van der Waals surface area contributed by atoms with Crippen molar-refractivity contribution < 1.29 is 14.3 Å². The Morgan fingerprint density at radius 1 is 1.48 bits per heavy atom. The first-order valence-electron chi connectivity index (χ1n) is 7.33. The molecule has 21 heavy (non-hydrogen) atoms. The van der Waals surface area contributed by atoms with Crippen LogP contribution in [0.3, 0.4) is 0 Å². The molecule has 4 nitrogen and oxygen atoms in total. The molecule has 1 unspecified atom stereocenters. The van der Waals surface area contributed by atoms with Crippen LogP contribution < -0.4 is 0 Å². The Labute approximate surface area is 139 Å². The number of esters is 1. The molecule has 0 N–H and O–H groups in total. The summed E-state index contributed by atoms with van der Waals surface area (Å²) < 4.78 is 12.2. The van der Waals surface area contributed by atoms with E-state index < -0.39 is 5.60 Å². The van der Waals surface area contributed by atoms with Gasteiger partial charge >= 0.3 is 5.97 Å². The molecule has 1 atom stereocenters. The molecule has 5 heteroatoms. The number of hydrogen-bond donors (Lipinski definition) is 0. The molecule has 2 rings (SSSR count). The van der Waals surface area contributed by atoms with E-state index in [1.807, 2.05) is 33.0 Å². The molecule has 0 amide bonds. The molecule has 1 aromatic heterocycles. The van der Waals surface area contributed by atoms with Gasteiger partial charge in [0.25, 0.3) is 0 Å². The van der Waals surface area contributed by atoms with Crippen LogP contribution in [0.2, 0.25) is 0 Å². The third-order valence-corrected chi connectivity index (χ3v) is 3.80. The van der Waals surface area contributed by atoms with Gasteiger partial charge in [0.1, 0.15) is 5.60 Å². The number of pyridine rings is 1. The molecule has 0 bridgehead atoms. The summed E-state index contributed by atoms with van der Waals surface area (Å²) in [5.41, 5.74) is 1.34. The summed E-state index contributed by atoms with van der Waals surface area (Å²) in [5.74, 6) is -0.219. The maximum atomic E-state index is 12.1. The Kier molecular flexibility index (Phi) is 5.60. The number of hydrogen-bond acceptors (Lipinski definition) is 4. The van der Waals surface area contributed by atoms with Crippen LogP contribution in [0.15, 0.2) is 12.3 Å². The minimum atomic E-state index is -0.464. The minimum absolute atomic E-state index is 0.00758. The monoisotopic (exact) mass is 403 g/mol. The molecule has 1 fully saturated rings. The molecular formula is C16H22INO3. The first-order chi connectivity index (χ1) is 9.85. The van der Waals surface area contributed by atoms with Crippen molar-refractivity contribution >= 4 is 28.6 Å². The van der Waals surface area contributed by atoms with Gasteiger partial charge in [-0.05, 0) is 74.3 Å². The molecule has 0 aromatic carbocycles. The summed E-state index contributed by atoms with van der Waals surface area (Å²) in [4.78, 5) is 16.6. The van der Waals surface area contributed by atoms with Gasteiger partial charge in [-0.25, -0.2) is 0 Å². The number of ether oxygens (including phenoxy) is 2. The molecule has 1 saturated heterocycles. The quantitative estimate of drug-likeness (QED) is 0.569. The van der Waals surface area contributed by atoms with Crippen molar-refractivity contribution in [2.24, 2.45) is 0 Å². The van der Waals surface area contributed by atoms with E-state index in [4.69, 9.17) is 9.47 Å². The molecule has 0 spiro atoms. The number of rotatable bonds is 3. The van der Waals surface area contributed by atoms with E-state index in [9.17, 15) is 4.79 Å². The van der Waals surface area contributed by atoms with Crippen molar-refractivity contribution in [1.29, 1.82) is 0 Å². The van der Waals surface area contributed by atoms with E-state index in [1.54, 1.807) is 0 Å². The van der Waals surface area contributed by atoms with Crippen molar-refractivity contribution in [3.63, 3.8) is 0 Å². The van der Waals surface area contributed by atoms with Crippen molar-refractivity contribution in [2.45, 2.75) is 58.2 Å². The fourth-order valence-corrected chi connectivity index (χ4v) is 2.93. The Bertz CT molecular complexity index is 505. The van der Waals surface area contributed by atoms with Gasteiger partial charge in [-0.3, -0.25) is 9.78 Å². The van der Waals surface area contributed by atoms with E-state index >= 15 is 0 Å². The zero-order valence-electron chi connectivity index (χ0n) is 12.8. The minimum Gasteiger partial charge on any atom is -0.460 e. The lowest BCUT2D eigenvalue weighted by Gasteiger charge is -2.24. The molecule has 2 heterocycles. The van der Waals surface area contributed by atoms with Crippen LogP contribution in [0.5, 0.6) is 0 Å². The highest BCUT2D eigenvalue weighted by molar-refractivity contribution is 14.1. The molecule has 116 valence electrons. The highest BCUT2D eigenvalue weighted by Gasteiger charge is 2.23. The zero-order valence-corrected chi connectivity index (χ0v) is 15.0. The lowest BCUT2D eigenvalue weighted by Crippen LogP contribution is -2.25. The van der Waals surface area contributed by atoms with Crippen LogP contribution in [0, 0.1) is 3.57 Å². The number of halogens is 1. The molecule has 0 saturated carbocycles. The summed E-state index contributed by atoms with van der Waals surface area (Å²) in [7, 11) is 0. The summed E-state index contributed by atoms with van der Waals surface area (Å²) >= 11 is 2.21. The first kappa shape index (κ1) is 16.7. The van der Waals surface area contributed by atoms with Crippen molar-refractivity contribution in [3.8, 4) is 0 Å². The van der Waals surface area contributed by atoms with Gasteiger partial charge in [0.05, 0.1) is 18.2 Å². The normalized spacial score (nSPS) is 19.3. The van der Waals surface area contributed by atoms with Gasteiger partial charge in [0, 0.05) is 16.4 Å². The van der Waals surface area contributed by atoms with E-state index in [0.717, 1.165) is 40.7 Å².